The first-order chi connectivity index (χ1) is 9.29. The number of ether oxygens (including phenoxy) is 1. The van der Waals surface area contributed by atoms with Crippen molar-refractivity contribution in [2.75, 3.05) is 6.61 Å². The number of fused-ring (bicyclic) bond motifs is 1. The molecule has 1 N–H and O–H groups in total. The summed E-state index contributed by atoms with van der Waals surface area (Å²) in [6.07, 6.45) is 6.44. The van der Waals surface area contributed by atoms with Gasteiger partial charge in [-0.3, -0.25) is 10.1 Å². The fourth-order valence-corrected chi connectivity index (χ4v) is 4.02. The lowest BCUT2D eigenvalue weighted by Crippen LogP contribution is -2.21. The second kappa shape index (κ2) is 5.36. The summed E-state index contributed by atoms with van der Waals surface area (Å²) in [5.41, 5.74) is 1.21. The Morgan fingerprint density at radius 1 is 1.53 bits per heavy atom. The molecule has 0 amide bonds. The molecular formula is C13H17N3O2S. The van der Waals surface area contributed by atoms with E-state index in [1.165, 1.54) is 25.5 Å². The van der Waals surface area contributed by atoms with E-state index in [2.05, 4.69) is 10.2 Å². The second-order valence-electron chi connectivity index (χ2n) is 4.82. The minimum atomic E-state index is -0.329. The lowest BCUT2D eigenvalue weighted by atomic mass is 9.95. The number of esters is 1. The minimum Gasteiger partial charge on any atom is -0.462 e. The molecular weight excluding hydrogens is 262 g/mol. The molecule has 1 aliphatic carbocycles. The number of carbonyl (C=O) groups excluding carboxylic acids is 1. The summed E-state index contributed by atoms with van der Waals surface area (Å²) in [6.45, 7) is 2.17. The van der Waals surface area contributed by atoms with Gasteiger partial charge in [-0.15, -0.1) is 0 Å². The highest BCUT2D eigenvalue weighted by Crippen LogP contribution is 2.39. The van der Waals surface area contributed by atoms with Crippen LogP contribution in [0.15, 0.2) is 11.2 Å². The van der Waals surface area contributed by atoms with Gasteiger partial charge in [-0.1, -0.05) is 24.6 Å². The third kappa shape index (κ3) is 2.41. The van der Waals surface area contributed by atoms with E-state index in [0.29, 0.717) is 23.5 Å². The molecule has 0 bridgehead atoms. The summed E-state index contributed by atoms with van der Waals surface area (Å²) in [6, 6.07) is 0.409. The van der Waals surface area contributed by atoms with Crippen molar-refractivity contribution in [1.29, 1.82) is 0 Å². The van der Waals surface area contributed by atoms with E-state index >= 15 is 0 Å². The first-order valence-electron chi connectivity index (χ1n) is 6.75. The summed E-state index contributed by atoms with van der Waals surface area (Å²) >= 11 is 1.77. The standard InChI is InChI=1S/C13H17N3O2S/c1-2-18-13(17)8-7-14-16-11(8)12-15-9-5-3-4-6-10(9)19-12/h7,9-10H,2-6H2,1H3,(H,14,16). The zero-order valence-corrected chi connectivity index (χ0v) is 11.7. The quantitative estimate of drug-likeness (QED) is 0.863. The van der Waals surface area contributed by atoms with Gasteiger partial charge in [0.1, 0.15) is 16.3 Å². The Morgan fingerprint density at radius 3 is 3.16 bits per heavy atom. The Labute approximate surface area is 116 Å². The van der Waals surface area contributed by atoms with Gasteiger partial charge in [0.25, 0.3) is 0 Å². The predicted octanol–water partition coefficient (Wildman–Crippen LogP) is 2.39. The third-order valence-electron chi connectivity index (χ3n) is 3.56. The normalized spacial score (nSPS) is 25.8. The van der Waals surface area contributed by atoms with E-state index in [1.54, 1.807) is 18.7 Å². The highest BCUT2D eigenvalue weighted by Gasteiger charge is 2.34. The molecule has 3 rings (SSSR count). The number of nitrogens with zero attached hydrogens (tertiary/aromatic N) is 2. The van der Waals surface area contributed by atoms with Crippen LogP contribution in [0.25, 0.3) is 0 Å². The maximum absolute atomic E-state index is 11.9. The Balaban J connectivity index is 1.83. The minimum absolute atomic E-state index is 0.329. The summed E-state index contributed by atoms with van der Waals surface area (Å²) < 4.78 is 5.04. The lowest BCUT2D eigenvalue weighted by molar-refractivity contribution is 0.0526. The van der Waals surface area contributed by atoms with Gasteiger partial charge in [-0.05, 0) is 19.8 Å². The van der Waals surface area contributed by atoms with E-state index in [1.807, 2.05) is 0 Å². The van der Waals surface area contributed by atoms with E-state index in [9.17, 15) is 4.79 Å². The Morgan fingerprint density at radius 2 is 2.37 bits per heavy atom. The van der Waals surface area contributed by atoms with E-state index < -0.39 is 0 Å². The van der Waals surface area contributed by atoms with Crippen molar-refractivity contribution in [3.63, 3.8) is 0 Å². The number of nitrogens with one attached hydrogen (secondary N) is 1. The molecule has 2 aliphatic rings. The number of rotatable bonds is 3. The number of aliphatic imine (C=N–C) groups is 1. The van der Waals surface area contributed by atoms with Crippen LogP contribution in [-0.4, -0.2) is 39.1 Å². The fraction of sp³-hybridized carbons (Fsp3) is 0.615. The van der Waals surface area contributed by atoms with Crippen LogP contribution in [0.4, 0.5) is 0 Å². The first-order valence-corrected chi connectivity index (χ1v) is 7.63. The number of carbonyl (C=O) groups is 1. The zero-order valence-electron chi connectivity index (χ0n) is 10.9. The molecule has 5 nitrogen and oxygen atoms in total. The van der Waals surface area contributed by atoms with Gasteiger partial charge in [-0.2, -0.15) is 5.10 Å². The van der Waals surface area contributed by atoms with Gasteiger partial charge in [-0.25, -0.2) is 4.79 Å². The molecule has 102 valence electrons. The van der Waals surface area contributed by atoms with Crippen molar-refractivity contribution in [2.45, 2.75) is 43.9 Å². The summed E-state index contributed by atoms with van der Waals surface area (Å²) in [4.78, 5) is 16.6. The maximum Gasteiger partial charge on any atom is 0.342 e. The van der Waals surface area contributed by atoms with Crippen molar-refractivity contribution in [3.05, 3.63) is 17.5 Å². The smallest absolute Gasteiger partial charge is 0.342 e. The molecule has 19 heavy (non-hydrogen) atoms. The van der Waals surface area contributed by atoms with E-state index in [-0.39, 0.29) is 5.97 Å². The summed E-state index contributed by atoms with van der Waals surface area (Å²) in [5, 5.41) is 8.35. The topological polar surface area (TPSA) is 67.3 Å². The number of hydrogen-bond acceptors (Lipinski definition) is 5. The van der Waals surface area contributed by atoms with Gasteiger partial charge in [0, 0.05) is 5.25 Å². The van der Waals surface area contributed by atoms with Crippen LogP contribution in [0.3, 0.4) is 0 Å². The van der Waals surface area contributed by atoms with Gasteiger partial charge < -0.3 is 4.74 Å². The number of aromatic amines is 1. The van der Waals surface area contributed by atoms with Gasteiger partial charge in [0.2, 0.25) is 0 Å². The molecule has 1 aliphatic heterocycles. The number of aromatic nitrogens is 2. The van der Waals surface area contributed by atoms with Crippen molar-refractivity contribution in [1.82, 2.24) is 10.2 Å². The molecule has 2 atom stereocenters. The lowest BCUT2D eigenvalue weighted by Gasteiger charge is -2.21. The average Bonchev–Trinajstić information content (AvgIpc) is 3.05. The molecule has 2 heterocycles. The highest BCUT2D eigenvalue weighted by molar-refractivity contribution is 8.15. The van der Waals surface area contributed by atoms with Gasteiger partial charge in [0.15, 0.2) is 0 Å². The zero-order chi connectivity index (χ0) is 13.2. The largest absolute Gasteiger partial charge is 0.462 e. The molecule has 0 saturated heterocycles. The Bertz CT molecular complexity index is 512. The van der Waals surface area contributed by atoms with E-state index in [0.717, 1.165) is 17.2 Å². The van der Waals surface area contributed by atoms with Gasteiger partial charge >= 0.3 is 5.97 Å². The molecule has 6 heteroatoms. The van der Waals surface area contributed by atoms with Crippen molar-refractivity contribution in [3.8, 4) is 0 Å². The summed E-state index contributed by atoms with van der Waals surface area (Å²) in [7, 11) is 0. The maximum atomic E-state index is 11.9. The monoisotopic (exact) mass is 279 g/mol. The molecule has 0 aromatic carbocycles. The van der Waals surface area contributed by atoms with Crippen LogP contribution in [0, 0.1) is 0 Å². The molecule has 1 aromatic heterocycles. The molecule has 1 aromatic rings. The Hall–Kier alpha value is -1.30. The molecule has 0 spiro atoms. The van der Waals surface area contributed by atoms with Crippen LogP contribution in [0.2, 0.25) is 0 Å². The molecule has 1 fully saturated rings. The van der Waals surface area contributed by atoms with Gasteiger partial charge in [0.05, 0.1) is 18.8 Å². The van der Waals surface area contributed by atoms with Crippen LogP contribution >= 0.6 is 11.8 Å². The van der Waals surface area contributed by atoms with Crippen LogP contribution < -0.4 is 0 Å². The molecule has 1 saturated carbocycles. The molecule has 2 unspecified atom stereocenters. The SMILES string of the molecule is CCOC(=O)c1cn[nH]c1C1=NC2CCCCC2S1. The second-order valence-corrected chi connectivity index (χ2v) is 6.05. The van der Waals surface area contributed by atoms with Crippen molar-refractivity contribution in [2.24, 2.45) is 4.99 Å². The number of thioether (sulfide) groups is 1. The highest BCUT2D eigenvalue weighted by atomic mass is 32.2. The van der Waals surface area contributed by atoms with Crippen LogP contribution in [0.1, 0.15) is 48.7 Å². The van der Waals surface area contributed by atoms with Crippen molar-refractivity contribution >= 4 is 22.8 Å². The summed E-state index contributed by atoms with van der Waals surface area (Å²) in [5.74, 6) is -0.329. The number of hydrogen-bond donors (Lipinski definition) is 1. The first kappa shape index (κ1) is 12.7. The van der Waals surface area contributed by atoms with Crippen LogP contribution in [0.5, 0.6) is 0 Å². The number of H-pyrrole nitrogens is 1. The fourth-order valence-electron chi connectivity index (χ4n) is 2.62. The third-order valence-corrected chi connectivity index (χ3v) is 4.95. The molecule has 0 radical (unpaired) electrons. The predicted molar refractivity (Wildman–Crippen MR) is 74.7 cm³/mol. The Kier molecular flexibility index (Phi) is 3.59. The van der Waals surface area contributed by atoms with Crippen molar-refractivity contribution < 1.29 is 9.53 Å². The van der Waals surface area contributed by atoms with E-state index in [4.69, 9.17) is 9.73 Å². The average molecular weight is 279 g/mol. The van der Waals surface area contributed by atoms with Crippen LogP contribution in [-0.2, 0) is 4.74 Å².